The van der Waals surface area contributed by atoms with E-state index in [-0.39, 0.29) is 22.5 Å². The maximum Gasteiger partial charge on any atom is 0.422 e. The molecule has 0 aliphatic heterocycles. The van der Waals surface area contributed by atoms with Gasteiger partial charge in [0.2, 0.25) is 0 Å². The molecule has 0 spiro atoms. The lowest BCUT2D eigenvalue weighted by molar-refractivity contribution is 0.0740. The van der Waals surface area contributed by atoms with Crippen molar-refractivity contribution in [3.8, 4) is 11.5 Å². The molecular weight excluding hydrogens is 584 g/mol. The summed E-state index contributed by atoms with van der Waals surface area (Å²) < 4.78 is 37.4. The van der Waals surface area contributed by atoms with Crippen LogP contribution in [-0.4, -0.2) is 72.9 Å². The number of carbonyl (C=O) groups excluding carboxylic acids is 2. The van der Waals surface area contributed by atoms with Gasteiger partial charge in [0, 0.05) is 23.1 Å². The second-order valence-electron chi connectivity index (χ2n) is 8.99. The zero-order chi connectivity index (χ0) is 30.9. The number of amides is 3. The van der Waals surface area contributed by atoms with Crippen LogP contribution in [0.15, 0.2) is 60.5 Å². The largest absolute Gasteiger partial charge is 0.496 e. The third kappa shape index (κ3) is 8.07. The van der Waals surface area contributed by atoms with Gasteiger partial charge in [0.15, 0.2) is 0 Å². The number of thiazole rings is 1. The average molecular weight is 617 g/mol. The molecule has 3 rings (SSSR count). The van der Waals surface area contributed by atoms with Gasteiger partial charge < -0.3 is 19.5 Å². The molecule has 2 N–H and O–H groups in total. The number of hydrogen-bond donors (Lipinski definition) is 2. The minimum Gasteiger partial charge on any atom is -0.496 e. The highest BCUT2D eigenvalue weighted by Gasteiger charge is 2.29. The summed E-state index contributed by atoms with van der Waals surface area (Å²) in [6.07, 6.45) is 0.658. The molecule has 0 fully saturated rings. The molecular formula is C28H32N4O8S2. The number of nitrogens with one attached hydrogen (secondary N) is 1. The van der Waals surface area contributed by atoms with E-state index in [2.05, 4.69) is 11.6 Å². The van der Waals surface area contributed by atoms with Crippen LogP contribution in [-0.2, 0) is 23.2 Å². The van der Waals surface area contributed by atoms with E-state index in [0.29, 0.717) is 35.0 Å². The van der Waals surface area contributed by atoms with Gasteiger partial charge >= 0.3 is 16.3 Å². The van der Waals surface area contributed by atoms with E-state index < -0.39 is 28.8 Å². The number of aryl methyl sites for hydroxylation is 1. The van der Waals surface area contributed by atoms with Gasteiger partial charge in [0.1, 0.15) is 22.2 Å². The number of methoxy groups -OCH3 is 2. The molecule has 0 unspecified atom stereocenters. The van der Waals surface area contributed by atoms with Crippen molar-refractivity contribution >= 4 is 39.5 Å². The fourth-order valence-corrected chi connectivity index (χ4v) is 5.78. The fraction of sp³-hybridized carbons (Fsp3) is 0.286. The average Bonchev–Trinajstić information content (AvgIpc) is 3.44. The summed E-state index contributed by atoms with van der Waals surface area (Å²) in [5.74, 6) is -0.445. The van der Waals surface area contributed by atoms with Gasteiger partial charge in [-0.05, 0) is 37.5 Å². The van der Waals surface area contributed by atoms with Gasteiger partial charge in [-0.15, -0.1) is 17.9 Å². The quantitative estimate of drug-likeness (QED) is 0.257. The van der Waals surface area contributed by atoms with Gasteiger partial charge in [0.05, 0.1) is 27.3 Å². The molecule has 0 atom stereocenters. The Morgan fingerprint density at radius 3 is 2.33 bits per heavy atom. The highest BCUT2D eigenvalue weighted by molar-refractivity contribution is 7.88. The van der Waals surface area contributed by atoms with E-state index in [1.807, 2.05) is 37.3 Å². The summed E-state index contributed by atoms with van der Waals surface area (Å²) in [5.41, 5.74) is 1.96. The van der Waals surface area contributed by atoms with E-state index in [9.17, 15) is 27.9 Å². The summed E-state index contributed by atoms with van der Waals surface area (Å²) >= 11 is 1.06. The first-order valence-corrected chi connectivity index (χ1v) is 15.0. The van der Waals surface area contributed by atoms with Crippen LogP contribution in [0.1, 0.15) is 43.4 Å². The molecule has 3 aromatic rings. The van der Waals surface area contributed by atoms with Crippen molar-refractivity contribution in [1.29, 1.82) is 0 Å². The molecule has 1 heterocycles. The molecule has 3 amide bonds. The van der Waals surface area contributed by atoms with Crippen LogP contribution in [0.4, 0.5) is 4.79 Å². The van der Waals surface area contributed by atoms with Crippen LogP contribution in [0.5, 0.6) is 11.5 Å². The Bertz CT molecular complexity index is 1520. The predicted molar refractivity (Wildman–Crippen MR) is 157 cm³/mol. The first kappa shape index (κ1) is 32.1. The molecule has 0 saturated heterocycles. The molecule has 42 heavy (non-hydrogen) atoms. The van der Waals surface area contributed by atoms with Gasteiger partial charge in [-0.2, -0.15) is 12.7 Å². The van der Waals surface area contributed by atoms with E-state index >= 15 is 0 Å². The Balaban J connectivity index is 1.84. The van der Waals surface area contributed by atoms with Crippen LogP contribution in [0.2, 0.25) is 0 Å². The molecule has 2 aromatic carbocycles. The second kappa shape index (κ2) is 14.5. The molecule has 224 valence electrons. The summed E-state index contributed by atoms with van der Waals surface area (Å²) in [6.45, 7) is 4.99. The SMILES string of the molecule is C=CCN(C(=O)O)S(=O)(=O)NC(=O)c1csc(CN(CCCc2ccccc2)C(=O)c2cc(OC)c(C)c(OC)c2)n1. The van der Waals surface area contributed by atoms with Gasteiger partial charge in [0.25, 0.3) is 11.8 Å². The third-order valence-electron chi connectivity index (χ3n) is 6.15. The van der Waals surface area contributed by atoms with Gasteiger partial charge in [-0.1, -0.05) is 36.4 Å². The summed E-state index contributed by atoms with van der Waals surface area (Å²) in [7, 11) is -1.70. The molecule has 0 radical (unpaired) electrons. The Labute approximate surface area is 248 Å². The Kier molecular flexibility index (Phi) is 11.0. The van der Waals surface area contributed by atoms with Crippen LogP contribution < -0.4 is 14.2 Å². The highest BCUT2D eigenvalue weighted by atomic mass is 32.2. The number of benzene rings is 2. The number of aromatic nitrogens is 1. The minimum atomic E-state index is -4.71. The van der Waals surface area contributed by atoms with Crippen molar-refractivity contribution in [2.45, 2.75) is 26.3 Å². The van der Waals surface area contributed by atoms with E-state index in [4.69, 9.17) is 9.47 Å². The highest BCUT2D eigenvalue weighted by Crippen LogP contribution is 2.30. The molecule has 0 bridgehead atoms. The van der Waals surface area contributed by atoms with Crippen LogP contribution in [0, 0.1) is 6.92 Å². The smallest absolute Gasteiger partial charge is 0.422 e. The van der Waals surface area contributed by atoms with Crippen LogP contribution >= 0.6 is 11.3 Å². The maximum atomic E-state index is 13.7. The standard InChI is InChI=1S/C28H32N4O8S2/c1-5-13-32(28(35)36)42(37,38)30-26(33)22-18-41-25(29-22)17-31(14-9-12-20-10-7-6-8-11-20)27(34)21-15-23(39-3)19(2)24(16-21)40-4/h5-8,10-11,15-16,18H,1,9,12-14,17H2,2-4H3,(H,30,33)(H,35,36). The molecule has 0 aliphatic rings. The van der Waals surface area contributed by atoms with Gasteiger partial charge in [-0.25, -0.2) is 14.5 Å². The lowest BCUT2D eigenvalue weighted by Gasteiger charge is -2.23. The number of ether oxygens (including phenoxy) is 2. The molecule has 0 aliphatic carbocycles. The molecule has 0 saturated carbocycles. The Morgan fingerprint density at radius 1 is 1.12 bits per heavy atom. The monoisotopic (exact) mass is 616 g/mol. The number of nitrogens with zero attached hydrogens (tertiary/aromatic N) is 3. The Hall–Kier alpha value is -4.43. The van der Waals surface area contributed by atoms with E-state index in [0.717, 1.165) is 35.0 Å². The summed E-state index contributed by atoms with van der Waals surface area (Å²) in [5, 5.41) is 10.9. The second-order valence-corrected chi connectivity index (χ2v) is 11.5. The van der Waals surface area contributed by atoms with Crippen LogP contribution in [0.3, 0.4) is 0 Å². The van der Waals surface area contributed by atoms with Gasteiger partial charge in [-0.3, -0.25) is 9.59 Å². The molecule has 12 nitrogen and oxygen atoms in total. The first-order chi connectivity index (χ1) is 20.0. The maximum absolute atomic E-state index is 13.7. The number of hydrogen-bond acceptors (Lipinski definition) is 9. The van der Waals surface area contributed by atoms with Crippen molar-refractivity contribution in [2.75, 3.05) is 27.3 Å². The zero-order valence-electron chi connectivity index (χ0n) is 23.4. The first-order valence-electron chi connectivity index (χ1n) is 12.7. The van der Waals surface area contributed by atoms with Crippen molar-refractivity contribution in [3.05, 3.63) is 87.9 Å². The third-order valence-corrected chi connectivity index (χ3v) is 8.32. The normalized spacial score (nSPS) is 10.9. The lowest BCUT2D eigenvalue weighted by Crippen LogP contribution is -2.46. The van der Waals surface area contributed by atoms with Crippen molar-refractivity contribution in [2.24, 2.45) is 0 Å². The number of rotatable bonds is 14. The number of carbonyl (C=O) groups is 3. The van der Waals surface area contributed by atoms with Crippen molar-refractivity contribution in [3.63, 3.8) is 0 Å². The topological polar surface area (TPSA) is 155 Å². The number of carboxylic acid groups (broad SMARTS) is 1. The molecule has 14 heteroatoms. The summed E-state index contributed by atoms with van der Waals surface area (Å²) in [6, 6.07) is 13.1. The summed E-state index contributed by atoms with van der Waals surface area (Å²) in [4.78, 5) is 43.5. The zero-order valence-corrected chi connectivity index (χ0v) is 25.0. The minimum absolute atomic E-state index is 0.0363. The Morgan fingerprint density at radius 2 is 1.76 bits per heavy atom. The predicted octanol–water partition coefficient (Wildman–Crippen LogP) is 3.88. The van der Waals surface area contributed by atoms with E-state index in [1.54, 1.807) is 21.8 Å². The molecule has 1 aromatic heterocycles. The van der Waals surface area contributed by atoms with Crippen LogP contribution in [0.25, 0.3) is 0 Å². The lowest BCUT2D eigenvalue weighted by atomic mass is 10.1. The fourth-order valence-electron chi connectivity index (χ4n) is 4.04. The van der Waals surface area contributed by atoms with E-state index in [1.165, 1.54) is 19.6 Å². The van der Waals surface area contributed by atoms with Crippen molar-refractivity contribution in [1.82, 2.24) is 18.9 Å². The van der Waals surface area contributed by atoms with Crippen molar-refractivity contribution < 1.29 is 37.4 Å².